The zero-order chi connectivity index (χ0) is 13.3. The molecule has 19 heavy (non-hydrogen) atoms. The number of carboxylic acids is 1. The van der Waals surface area contributed by atoms with Gasteiger partial charge in [-0.05, 0) is 45.2 Å². The molecule has 0 aromatic heterocycles. The minimum atomic E-state index is -0.623. The fourth-order valence-corrected chi connectivity index (χ4v) is 3.98. The molecule has 0 bridgehead atoms. The molecule has 1 atom stereocenters. The Morgan fingerprint density at radius 3 is 2.37 bits per heavy atom. The molecule has 2 heterocycles. The van der Waals surface area contributed by atoms with E-state index in [1.54, 1.807) is 0 Å². The number of likely N-dealkylation sites (tertiary alicyclic amines) is 2. The van der Waals surface area contributed by atoms with Gasteiger partial charge in [-0.3, -0.25) is 14.6 Å². The van der Waals surface area contributed by atoms with Crippen molar-refractivity contribution in [2.75, 3.05) is 26.2 Å². The normalized spacial score (nSPS) is 34.3. The van der Waals surface area contributed by atoms with Crippen LogP contribution in [0.4, 0.5) is 0 Å². The number of hydrogen-bond donors (Lipinski definition) is 1. The number of rotatable bonds is 4. The molecule has 2 aliphatic heterocycles. The summed E-state index contributed by atoms with van der Waals surface area (Å²) in [5.41, 5.74) is -0.0707. The van der Waals surface area contributed by atoms with E-state index in [-0.39, 0.29) is 5.54 Å². The van der Waals surface area contributed by atoms with Gasteiger partial charge in [0.1, 0.15) is 0 Å². The highest BCUT2D eigenvalue weighted by atomic mass is 16.4. The summed E-state index contributed by atoms with van der Waals surface area (Å²) in [4.78, 5) is 16.4. The molecular weight excluding hydrogens is 240 g/mol. The molecule has 1 N–H and O–H groups in total. The van der Waals surface area contributed by atoms with Gasteiger partial charge in [0.2, 0.25) is 0 Å². The third-order valence-corrected chi connectivity index (χ3v) is 5.18. The fourth-order valence-electron chi connectivity index (χ4n) is 3.98. The Hall–Kier alpha value is -0.610. The van der Waals surface area contributed by atoms with Crippen LogP contribution in [0, 0.1) is 0 Å². The molecule has 1 saturated carbocycles. The zero-order valence-electron chi connectivity index (χ0n) is 11.8. The molecule has 1 aliphatic carbocycles. The van der Waals surface area contributed by atoms with Crippen molar-refractivity contribution in [1.82, 2.24) is 9.80 Å². The van der Waals surface area contributed by atoms with E-state index in [1.807, 2.05) is 0 Å². The van der Waals surface area contributed by atoms with Crippen LogP contribution in [0.5, 0.6) is 0 Å². The zero-order valence-corrected chi connectivity index (χ0v) is 11.8. The van der Waals surface area contributed by atoms with E-state index in [4.69, 9.17) is 0 Å². The summed E-state index contributed by atoms with van der Waals surface area (Å²) in [7, 11) is 0. The van der Waals surface area contributed by atoms with Crippen LogP contribution in [0.15, 0.2) is 0 Å². The Labute approximate surface area is 115 Å². The van der Waals surface area contributed by atoms with E-state index in [1.165, 1.54) is 38.5 Å². The summed E-state index contributed by atoms with van der Waals surface area (Å²) in [5, 5.41) is 9.34. The van der Waals surface area contributed by atoms with Crippen molar-refractivity contribution in [2.45, 2.75) is 62.9 Å². The standard InChI is InChI=1S/C15H26N2O2/c18-14(19)11-15(17-8-3-1-2-4-9-17)7-10-16(12-15)13-5-6-13/h13H,1-12H2,(H,18,19). The lowest BCUT2D eigenvalue weighted by Gasteiger charge is -2.40. The van der Waals surface area contributed by atoms with Crippen molar-refractivity contribution in [2.24, 2.45) is 0 Å². The van der Waals surface area contributed by atoms with Gasteiger partial charge in [-0.1, -0.05) is 12.8 Å². The Balaban J connectivity index is 1.73. The average molecular weight is 266 g/mol. The van der Waals surface area contributed by atoms with Gasteiger partial charge in [0.25, 0.3) is 0 Å². The first-order chi connectivity index (χ1) is 9.20. The molecule has 0 radical (unpaired) electrons. The quantitative estimate of drug-likeness (QED) is 0.844. The third kappa shape index (κ3) is 2.95. The van der Waals surface area contributed by atoms with Gasteiger partial charge in [0.15, 0.2) is 0 Å². The summed E-state index contributed by atoms with van der Waals surface area (Å²) >= 11 is 0. The topological polar surface area (TPSA) is 43.8 Å². The van der Waals surface area contributed by atoms with Gasteiger partial charge < -0.3 is 5.11 Å². The monoisotopic (exact) mass is 266 g/mol. The minimum Gasteiger partial charge on any atom is -0.481 e. The van der Waals surface area contributed by atoms with Crippen LogP contribution in [-0.4, -0.2) is 58.6 Å². The summed E-state index contributed by atoms with van der Waals surface area (Å²) < 4.78 is 0. The molecule has 4 nitrogen and oxygen atoms in total. The van der Waals surface area contributed by atoms with Crippen LogP contribution in [-0.2, 0) is 4.79 Å². The third-order valence-electron chi connectivity index (χ3n) is 5.18. The van der Waals surface area contributed by atoms with Gasteiger partial charge in [0, 0.05) is 24.7 Å². The maximum absolute atomic E-state index is 11.3. The largest absolute Gasteiger partial charge is 0.481 e. The number of carboxylic acid groups (broad SMARTS) is 1. The molecule has 0 aromatic carbocycles. The smallest absolute Gasteiger partial charge is 0.305 e. The highest BCUT2D eigenvalue weighted by Crippen LogP contribution is 2.38. The molecule has 4 heteroatoms. The first-order valence-electron chi connectivity index (χ1n) is 7.91. The lowest BCUT2D eigenvalue weighted by Crippen LogP contribution is -2.52. The Morgan fingerprint density at radius 2 is 1.79 bits per heavy atom. The number of hydrogen-bond acceptors (Lipinski definition) is 3. The predicted octanol–water partition coefficient (Wildman–Crippen LogP) is 1.94. The molecule has 108 valence electrons. The SMILES string of the molecule is O=C(O)CC1(N2CCCCCC2)CCN(C2CC2)C1. The molecule has 3 rings (SSSR count). The van der Waals surface area contributed by atoms with E-state index in [0.717, 1.165) is 38.6 Å². The molecule has 3 aliphatic rings. The molecular formula is C15H26N2O2. The van der Waals surface area contributed by atoms with Crippen molar-refractivity contribution in [3.63, 3.8) is 0 Å². The maximum atomic E-state index is 11.3. The second kappa shape index (κ2) is 5.41. The Morgan fingerprint density at radius 1 is 1.11 bits per heavy atom. The summed E-state index contributed by atoms with van der Waals surface area (Å²) in [6, 6.07) is 0.766. The summed E-state index contributed by atoms with van der Waals surface area (Å²) in [5.74, 6) is -0.623. The molecule has 1 unspecified atom stereocenters. The van der Waals surface area contributed by atoms with Crippen LogP contribution in [0.2, 0.25) is 0 Å². The number of carbonyl (C=O) groups is 1. The van der Waals surface area contributed by atoms with Gasteiger partial charge >= 0.3 is 5.97 Å². The average Bonchev–Trinajstić information content (AvgIpc) is 3.17. The first-order valence-corrected chi connectivity index (χ1v) is 7.91. The Kier molecular flexibility index (Phi) is 3.81. The predicted molar refractivity (Wildman–Crippen MR) is 74.2 cm³/mol. The molecule has 2 saturated heterocycles. The molecule has 0 amide bonds. The van der Waals surface area contributed by atoms with Gasteiger partial charge in [-0.25, -0.2) is 0 Å². The van der Waals surface area contributed by atoms with Gasteiger partial charge in [0.05, 0.1) is 6.42 Å². The summed E-state index contributed by atoms with van der Waals surface area (Å²) in [6.45, 7) is 4.30. The first kappa shape index (κ1) is 13.4. The minimum absolute atomic E-state index is 0.0707. The van der Waals surface area contributed by atoms with Crippen LogP contribution < -0.4 is 0 Å². The molecule has 0 spiro atoms. The highest BCUT2D eigenvalue weighted by Gasteiger charge is 2.47. The van der Waals surface area contributed by atoms with E-state index in [2.05, 4.69) is 9.80 Å². The second-order valence-electron chi connectivity index (χ2n) is 6.65. The van der Waals surface area contributed by atoms with E-state index in [9.17, 15) is 9.90 Å². The molecule has 0 aromatic rings. The van der Waals surface area contributed by atoms with Crippen molar-refractivity contribution < 1.29 is 9.90 Å². The van der Waals surface area contributed by atoms with Crippen molar-refractivity contribution in [3.8, 4) is 0 Å². The molecule has 3 fully saturated rings. The van der Waals surface area contributed by atoms with Gasteiger partial charge in [-0.15, -0.1) is 0 Å². The van der Waals surface area contributed by atoms with E-state index >= 15 is 0 Å². The summed E-state index contributed by atoms with van der Waals surface area (Å²) in [6.07, 6.45) is 9.13. The lowest BCUT2D eigenvalue weighted by atomic mass is 9.91. The number of aliphatic carboxylic acids is 1. The van der Waals surface area contributed by atoms with Crippen LogP contribution in [0.3, 0.4) is 0 Å². The lowest BCUT2D eigenvalue weighted by molar-refractivity contribution is -0.140. The van der Waals surface area contributed by atoms with E-state index in [0.29, 0.717) is 6.42 Å². The van der Waals surface area contributed by atoms with E-state index < -0.39 is 5.97 Å². The highest BCUT2D eigenvalue weighted by molar-refractivity contribution is 5.68. The fraction of sp³-hybridized carbons (Fsp3) is 0.933. The van der Waals surface area contributed by atoms with Crippen molar-refractivity contribution in [1.29, 1.82) is 0 Å². The van der Waals surface area contributed by atoms with Gasteiger partial charge in [-0.2, -0.15) is 0 Å². The van der Waals surface area contributed by atoms with Crippen molar-refractivity contribution >= 4 is 5.97 Å². The maximum Gasteiger partial charge on any atom is 0.305 e. The second-order valence-corrected chi connectivity index (χ2v) is 6.65. The van der Waals surface area contributed by atoms with Crippen LogP contribution >= 0.6 is 0 Å². The Bertz CT molecular complexity index is 335. The number of nitrogens with zero attached hydrogens (tertiary/aromatic N) is 2. The van der Waals surface area contributed by atoms with Crippen molar-refractivity contribution in [3.05, 3.63) is 0 Å². The van der Waals surface area contributed by atoms with Crippen LogP contribution in [0.25, 0.3) is 0 Å². The van der Waals surface area contributed by atoms with Crippen LogP contribution in [0.1, 0.15) is 51.4 Å².